The van der Waals surface area contributed by atoms with Gasteiger partial charge in [-0.1, -0.05) is 71.3 Å². The maximum atomic E-state index is 8.16. The molecule has 0 unspecified atom stereocenters. The summed E-state index contributed by atoms with van der Waals surface area (Å²) in [7, 11) is 0. The van der Waals surface area contributed by atoms with Crippen molar-refractivity contribution in [1.82, 2.24) is 9.55 Å². The van der Waals surface area contributed by atoms with E-state index in [1.165, 1.54) is 10.5 Å². The van der Waals surface area contributed by atoms with E-state index in [1.807, 2.05) is 59.6 Å². The Kier molecular flexibility index (Phi) is 7.82. The van der Waals surface area contributed by atoms with Crippen molar-refractivity contribution in [3.05, 3.63) is 128 Å². The fourth-order valence-corrected chi connectivity index (χ4v) is 5.75. The van der Waals surface area contributed by atoms with Crippen molar-refractivity contribution in [1.29, 1.82) is 0 Å². The number of aromatic nitrogens is 2. The zero-order chi connectivity index (χ0) is 33.3. The van der Waals surface area contributed by atoms with Gasteiger partial charge in [0, 0.05) is 38.7 Å². The quantitative estimate of drug-likeness (QED) is 0.167. The van der Waals surface area contributed by atoms with E-state index in [1.54, 1.807) is 6.67 Å². The number of fused-ring (bicyclic) bond motifs is 4. The van der Waals surface area contributed by atoms with Gasteiger partial charge in [-0.3, -0.25) is 0 Å². The Hall–Kier alpha value is -4.08. The van der Waals surface area contributed by atoms with Gasteiger partial charge in [0.1, 0.15) is 5.82 Å². The number of pyridine rings is 1. The third kappa shape index (κ3) is 5.94. The number of hydrogen-bond donors (Lipinski definition) is 0. The first-order valence-corrected chi connectivity index (χ1v) is 14.9. The second-order valence-corrected chi connectivity index (χ2v) is 13.4. The van der Waals surface area contributed by atoms with Gasteiger partial charge in [-0.25, -0.2) is 4.98 Å². The largest absolute Gasteiger partial charge is 4.00 e. The summed E-state index contributed by atoms with van der Waals surface area (Å²) in [6.45, 7) is 12.3. The van der Waals surface area contributed by atoms with E-state index < -0.39 is 6.98 Å². The number of nitrogens with zero attached hydrogens (tertiary/aromatic N) is 4. The second kappa shape index (κ2) is 12.3. The van der Waals surface area contributed by atoms with E-state index in [9.17, 15) is 0 Å². The van der Waals surface area contributed by atoms with E-state index in [4.69, 9.17) is 13.8 Å². The summed E-state index contributed by atoms with van der Waals surface area (Å²) < 4.78 is 33.0. The molecule has 0 amide bonds. The van der Waals surface area contributed by atoms with Gasteiger partial charge in [-0.2, -0.15) is 18.8 Å². The average Bonchev–Trinajstić information content (AvgIpc) is 3.56. The van der Waals surface area contributed by atoms with Crippen LogP contribution in [0.15, 0.2) is 91.1 Å². The molecule has 0 spiro atoms. The first kappa shape index (κ1) is 29.3. The second-order valence-electron chi connectivity index (χ2n) is 13.4. The van der Waals surface area contributed by atoms with Crippen LogP contribution >= 0.6 is 0 Å². The molecule has 0 radical (unpaired) electrons. The molecule has 0 N–H and O–H groups in total. The van der Waals surface area contributed by atoms with E-state index >= 15 is 0 Å². The molecule has 0 aliphatic carbocycles. The van der Waals surface area contributed by atoms with Gasteiger partial charge < -0.3 is 26.5 Å². The Morgan fingerprint density at radius 2 is 1.50 bits per heavy atom. The van der Waals surface area contributed by atoms with Crippen molar-refractivity contribution in [2.45, 2.75) is 52.4 Å². The molecule has 236 valence electrons. The SMILES string of the molecule is [2H]C([2H])([2H])N1[CH-]N(c2[c-]c(Oc3[c-]c4c(cc3)c3ccccc3n4-c3cc(C(C)(C)C)ccn3)ccc2)c2cc(C(C)(C)C)ccc21.[CH3-].[Pt+4]. The summed E-state index contributed by atoms with van der Waals surface area (Å²) in [5.74, 6) is 1.84. The van der Waals surface area contributed by atoms with Crippen LogP contribution in [0.3, 0.4) is 0 Å². The third-order valence-electron chi connectivity index (χ3n) is 8.22. The number of ether oxygens (including phenoxy) is 1. The zero-order valence-electron chi connectivity index (χ0n) is 30.3. The minimum absolute atomic E-state index is 0. The van der Waals surface area contributed by atoms with Gasteiger partial charge in [-0.05, 0) is 64.7 Å². The van der Waals surface area contributed by atoms with Crippen LogP contribution in [-0.2, 0) is 31.9 Å². The molecule has 0 saturated carbocycles. The van der Waals surface area contributed by atoms with E-state index in [-0.39, 0.29) is 39.3 Å². The minimum atomic E-state index is -2.34. The molecule has 46 heavy (non-hydrogen) atoms. The third-order valence-corrected chi connectivity index (χ3v) is 8.22. The topological polar surface area (TPSA) is 33.5 Å². The minimum Gasteiger partial charge on any atom is -0.509 e. The summed E-state index contributed by atoms with van der Waals surface area (Å²) in [5.41, 5.74) is 6.14. The molecule has 0 bridgehead atoms. The number of benzene rings is 4. The van der Waals surface area contributed by atoms with Crippen LogP contribution in [0.2, 0.25) is 0 Å². The summed E-state index contributed by atoms with van der Waals surface area (Å²) in [6, 6.07) is 34.9. The average molecular weight is 791 g/mol. The number of para-hydroxylation sites is 1. The van der Waals surface area contributed by atoms with Crippen LogP contribution in [0.5, 0.6) is 11.5 Å². The fourth-order valence-electron chi connectivity index (χ4n) is 5.75. The summed E-state index contributed by atoms with van der Waals surface area (Å²) in [5, 5.41) is 2.16. The Morgan fingerprint density at radius 3 is 2.26 bits per heavy atom. The van der Waals surface area contributed by atoms with Gasteiger partial charge in [0.15, 0.2) is 0 Å². The van der Waals surface area contributed by atoms with Gasteiger partial charge in [-0.15, -0.1) is 41.4 Å². The molecular weight excluding hydrogens is 748 g/mol. The van der Waals surface area contributed by atoms with Gasteiger partial charge >= 0.3 is 21.1 Å². The molecule has 0 atom stereocenters. The Morgan fingerprint density at radius 1 is 0.761 bits per heavy atom. The van der Waals surface area contributed by atoms with Crippen molar-refractivity contribution in [3.8, 4) is 17.3 Å². The van der Waals surface area contributed by atoms with Crippen LogP contribution < -0.4 is 14.5 Å². The molecule has 1 aliphatic heterocycles. The first-order chi connectivity index (χ1) is 22.2. The van der Waals surface area contributed by atoms with Crippen LogP contribution in [-0.4, -0.2) is 16.5 Å². The monoisotopic (exact) mass is 790 g/mol. The summed E-state index contributed by atoms with van der Waals surface area (Å²) in [6.07, 6.45) is 1.86. The van der Waals surface area contributed by atoms with Crippen molar-refractivity contribution < 1.29 is 29.9 Å². The van der Waals surface area contributed by atoms with Gasteiger partial charge in [0.2, 0.25) is 0 Å². The molecule has 3 heterocycles. The normalized spacial score (nSPS) is 14.3. The van der Waals surface area contributed by atoms with E-state index in [0.717, 1.165) is 38.9 Å². The molecule has 0 fully saturated rings. The predicted octanol–water partition coefficient (Wildman–Crippen LogP) is 10.3. The van der Waals surface area contributed by atoms with Crippen LogP contribution in [0.1, 0.15) is 56.8 Å². The predicted molar refractivity (Wildman–Crippen MR) is 188 cm³/mol. The number of hydrogen-bond acceptors (Lipinski definition) is 4. The first-order valence-electron chi connectivity index (χ1n) is 16.4. The maximum Gasteiger partial charge on any atom is 4.00 e. The smallest absolute Gasteiger partial charge is 0.509 e. The number of anilines is 3. The van der Waals surface area contributed by atoms with Crippen molar-refractivity contribution in [2.75, 3.05) is 16.8 Å². The van der Waals surface area contributed by atoms with E-state index in [0.29, 0.717) is 22.9 Å². The molecule has 6 aromatic rings. The molecule has 1 aliphatic rings. The Labute approximate surface area is 292 Å². The number of rotatable bonds is 4. The fraction of sp³-hybridized carbons (Fsp3) is 0.225. The molecular formula is C40H40N4OPt. The van der Waals surface area contributed by atoms with Crippen molar-refractivity contribution in [3.63, 3.8) is 0 Å². The molecule has 4 aromatic carbocycles. The Balaban J connectivity index is 0.00000234. The maximum absolute atomic E-state index is 8.16. The molecule has 5 nitrogen and oxygen atoms in total. The zero-order valence-corrected chi connectivity index (χ0v) is 29.5. The molecule has 2 aromatic heterocycles. The summed E-state index contributed by atoms with van der Waals surface area (Å²) in [4.78, 5) is 7.97. The van der Waals surface area contributed by atoms with Crippen molar-refractivity contribution >= 4 is 38.9 Å². The molecule has 0 saturated heterocycles. The van der Waals surface area contributed by atoms with Crippen molar-refractivity contribution in [2.24, 2.45) is 0 Å². The standard InChI is InChI=1S/C39H37N4O.CH3.Pt/c1-38(2,3)26-15-18-34-36(21-26)42(25-41(34)7)28-11-10-12-29(23-28)44-30-16-17-32-31-13-8-9-14-33(31)43(35(32)24-30)37-22-27(19-20-40-37)39(4,5)6;;/h8-22,25H,1-7H3;1H3;/q-3;-1;+4/i7D3;;. The summed E-state index contributed by atoms with van der Waals surface area (Å²) >= 11 is 0. The van der Waals surface area contributed by atoms with E-state index in [2.05, 4.69) is 94.6 Å². The Bertz CT molecular complexity index is 2140. The van der Waals surface area contributed by atoms with Crippen LogP contribution in [0.25, 0.3) is 27.6 Å². The van der Waals surface area contributed by atoms with Gasteiger partial charge in [0.25, 0.3) is 0 Å². The van der Waals surface area contributed by atoms with Crippen LogP contribution in [0.4, 0.5) is 17.1 Å². The molecule has 7 rings (SSSR count). The van der Waals surface area contributed by atoms with Crippen LogP contribution in [0, 0.1) is 26.2 Å². The van der Waals surface area contributed by atoms with Gasteiger partial charge in [0.05, 0.1) is 0 Å². The molecule has 6 heteroatoms.